The van der Waals surface area contributed by atoms with Gasteiger partial charge in [0.25, 0.3) is 0 Å². The van der Waals surface area contributed by atoms with E-state index in [0.29, 0.717) is 6.54 Å². The predicted octanol–water partition coefficient (Wildman–Crippen LogP) is 3.03. The monoisotopic (exact) mass is 318 g/mol. The van der Waals surface area contributed by atoms with Crippen LogP contribution in [-0.4, -0.2) is 33.0 Å². The molecule has 0 atom stereocenters. The van der Waals surface area contributed by atoms with Gasteiger partial charge >= 0.3 is 11.8 Å². The van der Waals surface area contributed by atoms with E-state index < -0.39 is 16.6 Å². The predicted molar refractivity (Wildman–Crippen MR) is 84.6 cm³/mol. The Bertz CT molecular complexity index is 664. The van der Waals surface area contributed by atoms with Crippen LogP contribution < -0.4 is 4.90 Å². The lowest BCUT2D eigenvalue weighted by Crippen LogP contribution is -2.33. The lowest BCUT2D eigenvalue weighted by atomic mass is 10.2. The van der Waals surface area contributed by atoms with Crippen LogP contribution in [0.1, 0.15) is 20.8 Å². The molecule has 8 nitrogen and oxygen atoms in total. The molecule has 0 radical (unpaired) electrons. The Morgan fingerprint density at radius 3 is 2.74 bits per heavy atom. The third-order valence-corrected chi connectivity index (χ3v) is 2.81. The number of nitro groups is 1. The highest BCUT2D eigenvalue weighted by atomic mass is 16.6. The minimum absolute atomic E-state index is 0.118. The van der Waals surface area contributed by atoms with Gasteiger partial charge in [0.2, 0.25) is 5.82 Å². The third-order valence-electron chi connectivity index (χ3n) is 2.81. The minimum atomic E-state index is -0.597. The topological polar surface area (TPSA) is 88.8 Å². The molecule has 0 bridgehead atoms. The molecule has 0 saturated heterocycles. The van der Waals surface area contributed by atoms with Crippen molar-refractivity contribution in [2.75, 3.05) is 11.4 Å². The van der Waals surface area contributed by atoms with E-state index >= 15 is 0 Å². The zero-order valence-electron chi connectivity index (χ0n) is 13.2. The average molecular weight is 318 g/mol. The lowest BCUT2D eigenvalue weighted by Gasteiger charge is -2.24. The molecule has 8 heteroatoms. The summed E-state index contributed by atoms with van der Waals surface area (Å²) in [7, 11) is 0. The minimum Gasteiger partial charge on any atom is -0.443 e. The molecule has 1 amide bonds. The van der Waals surface area contributed by atoms with Gasteiger partial charge in [-0.2, -0.15) is 0 Å². The van der Waals surface area contributed by atoms with Crippen LogP contribution in [0.4, 0.5) is 16.3 Å². The zero-order chi connectivity index (χ0) is 17.0. The van der Waals surface area contributed by atoms with Crippen LogP contribution in [-0.2, 0) is 4.74 Å². The van der Waals surface area contributed by atoms with Crippen molar-refractivity contribution in [1.29, 1.82) is 0 Å². The number of hydrogen-bond donors (Lipinski definition) is 0. The van der Waals surface area contributed by atoms with Gasteiger partial charge in [-0.3, -0.25) is 15.0 Å². The fraction of sp³-hybridized carbons (Fsp3) is 0.333. The second kappa shape index (κ2) is 6.47. The Morgan fingerprint density at radius 2 is 2.09 bits per heavy atom. The first kappa shape index (κ1) is 16.5. The summed E-state index contributed by atoms with van der Waals surface area (Å²) in [5.41, 5.74) is -0.715. The smallest absolute Gasteiger partial charge is 0.414 e. The molecule has 0 aliphatic carbocycles. The number of carbonyl (C=O) groups excluding carboxylic acids is 1. The fourth-order valence-corrected chi connectivity index (χ4v) is 1.86. The normalized spacial score (nSPS) is 14.6. The standard InChI is InChI=1S/C15H18N4O4/c1-15(2,3)23-14(20)18-9-5-8-17(10-11-18)13-12(19(21)22)6-4-7-16-13/h4-8,10-11H,9H2,1-3H3. The molecule has 0 spiro atoms. The summed E-state index contributed by atoms with van der Waals surface area (Å²) in [4.78, 5) is 29.5. The van der Waals surface area contributed by atoms with Crippen LogP contribution >= 0.6 is 0 Å². The van der Waals surface area contributed by atoms with Gasteiger partial charge < -0.3 is 9.64 Å². The molecular weight excluding hydrogens is 300 g/mol. The van der Waals surface area contributed by atoms with Crippen LogP contribution in [0, 0.1) is 10.1 Å². The van der Waals surface area contributed by atoms with E-state index in [0.717, 1.165) is 0 Å². The molecular formula is C15H18N4O4. The van der Waals surface area contributed by atoms with Gasteiger partial charge in [0, 0.05) is 37.4 Å². The molecule has 2 heterocycles. The fourth-order valence-electron chi connectivity index (χ4n) is 1.86. The number of anilines is 1. The van der Waals surface area contributed by atoms with Gasteiger partial charge in [0.05, 0.1) is 4.92 Å². The molecule has 122 valence electrons. The van der Waals surface area contributed by atoms with Gasteiger partial charge in [-0.25, -0.2) is 9.78 Å². The maximum Gasteiger partial charge on any atom is 0.414 e. The number of ether oxygens (including phenoxy) is 1. The summed E-state index contributed by atoms with van der Waals surface area (Å²) in [5, 5.41) is 11.1. The van der Waals surface area contributed by atoms with Crippen molar-refractivity contribution >= 4 is 17.6 Å². The number of rotatable bonds is 2. The zero-order valence-corrected chi connectivity index (χ0v) is 13.2. The Balaban J connectivity index is 2.21. The number of hydrogen-bond acceptors (Lipinski definition) is 6. The van der Waals surface area contributed by atoms with Gasteiger partial charge in [-0.05, 0) is 32.9 Å². The van der Waals surface area contributed by atoms with Crippen LogP contribution in [0.2, 0.25) is 0 Å². The summed E-state index contributed by atoms with van der Waals surface area (Å²) < 4.78 is 5.30. The Hall–Kier alpha value is -2.90. The maximum atomic E-state index is 12.1. The van der Waals surface area contributed by atoms with Crippen molar-refractivity contribution in [3.05, 3.63) is 53.1 Å². The lowest BCUT2D eigenvalue weighted by molar-refractivity contribution is -0.384. The third kappa shape index (κ3) is 4.29. The first-order valence-electron chi connectivity index (χ1n) is 7.00. The number of pyridine rings is 1. The summed E-state index contributed by atoms with van der Waals surface area (Å²) in [5.74, 6) is 0.177. The number of amides is 1. The van der Waals surface area contributed by atoms with Gasteiger partial charge in [-0.1, -0.05) is 0 Å². The van der Waals surface area contributed by atoms with E-state index in [2.05, 4.69) is 4.98 Å². The summed E-state index contributed by atoms with van der Waals surface area (Å²) >= 11 is 0. The van der Waals surface area contributed by atoms with Crippen molar-refractivity contribution in [2.45, 2.75) is 26.4 Å². The van der Waals surface area contributed by atoms with E-state index in [1.54, 1.807) is 33.0 Å². The molecule has 1 aromatic rings. The van der Waals surface area contributed by atoms with Crippen LogP contribution in [0.25, 0.3) is 0 Å². The van der Waals surface area contributed by atoms with E-state index in [4.69, 9.17) is 4.74 Å². The van der Waals surface area contributed by atoms with Gasteiger partial charge in [0.15, 0.2) is 0 Å². The molecule has 0 aromatic carbocycles. The highest BCUT2D eigenvalue weighted by Gasteiger charge is 2.23. The quantitative estimate of drug-likeness (QED) is 0.615. The van der Waals surface area contributed by atoms with Crippen molar-refractivity contribution in [1.82, 2.24) is 9.88 Å². The van der Waals surface area contributed by atoms with Crippen molar-refractivity contribution in [3.8, 4) is 0 Å². The highest BCUT2D eigenvalue weighted by molar-refractivity contribution is 5.70. The Morgan fingerprint density at radius 1 is 1.35 bits per heavy atom. The van der Waals surface area contributed by atoms with Crippen LogP contribution in [0.15, 0.2) is 43.0 Å². The summed E-state index contributed by atoms with van der Waals surface area (Å²) in [6.45, 7) is 5.64. The second-order valence-corrected chi connectivity index (χ2v) is 5.83. The molecule has 0 N–H and O–H groups in total. The molecule has 1 aliphatic rings. The van der Waals surface area contributed by atoms with Crippen molar-refractivity contribution in [2.24, 2.45) is 0 Å². The molecule has 1 aromatic heterocycles. The summed E-state index contributed by atoms with van der Waals surface area (Å²) in [6, 6.07) is 2.88. The molecule has 0 saturated carbocycles. The molecule has 0 unspecified atom stereocenters. The van der Waals surface area contributed by atoms with E-state index in [1.165, 1.54) is 40.5 Å². The van der Waals surface area contributed by atoms with Crippen molar-refractivity contribution < 1.29 is 14.5 Å². The molecule has 23 heavy (non-hydrogen) atoms. The van der Waals surface area contributed by atoms with Crippen molar-refractivity contribution in [3.63, 3.8) is 0 Å². The van der Waals surface area contributed by atoms with E-state index in [1.807, 2.05) is 0 Å². The van der Waals surface area contributed by atoms with Gasteiger partial charge in [0.1, 0.15) is 5.60 Å². The summed E-state index contributed by atoms with van der Waals surface area (Å²) in [6.07, 6.45) is 7.34. The van der Waals surface area contributed by atoms with Crippen LogP contribution in [0.5, 0.6) is 0 Å². The number of nitrogens with zero attached hydrogens (tertiary/aromatic N) is 4. The highest BCUT2D eigenvalue weighted by Crippen LogP contribution is 2.26. The maximum absolute atomic E-state index is 12.1. The molecule has 2 rings (SSSR count). The average Bonchev–Trinajstić information content (AvgIpc) is 2.71. The van der Waals surface area contributed by atoms with E-state index in [9.17, 15) is 14.9 Å². The number of carbonyl (C=O) groups is 1. The van der Waals surface area contributed by atoms with Crippen LogP contribution in [0.3, 0.4) is 0 Å². The first-order chi connectivity index (χ1) is 10.8. The second-order valence-electron chi connectivity index (χ2n) is 5.83. The molecule has 0 fully saturated rings. The molecule has 1 aliphatic heterocycles. The van der Waals surface area contributed by atoms with Gasteiger partial charge in [-0.15, -0.1) is 0 Å². The van der Waals surface area contributed by atoms with E-state index in [-0.39, 0.29) is 11.5 Å². The number of aromatic nitrogens is 1. The first-order valence-corrected chi connectivity index (χ1v) is 7.00. The SMILES string of the molecule is CC(C)(C)OC(=O)N1C=CN(c2ncccc2[N+](=O)[O-])C=CC1. The Labute approximate surface area is 133 Å². The Kier molecular flexibility index (Phi) is 4.63. The largest absolute Gasteiger partial charge is 0.443 e.